The smallest absolute Gasteiger partial charge is 0.416 e. The third-order valence-corrected chi connectivity index (χ3v) is 9.07. The van der Waals surface area contributed by atoms with E-state index < -0.39 is 23.1 Å². The Bertz CT molecular complexity index is 1890. The Kier molecular flexibility index (Phi) is 10.9. The van der Waals surface area contributed by atoms with Gasteiger partial charge in [0.25, 0.3) is 5.56 Å². The highest BCUT2D eigenvalue weighted by molar-refractivity contribution is 6.01. The molecule has 2 aromatic carbocycles. The number of ether oxygens (including phenoxy) is 1. The van der Waals surface area contributed by atoms with Gasteiger partial charge in [0, 0.05) is 20.0 Å². The standard InChI is InChI=1S/C36H39F3N6O4/c1-42(2)20-21-49-35(48)26-14-10-24(11-15-26)6-4-9-31(46)32-33(30-18-19-41-44(30)28-16-12-25(23-40)13-17-28)43(3)45(34(32)47)29-8-5-7-27(22-29)36(37,38)39/h5,7-8,12-13,16-19,22,24,26H,4,6,9-11,14-15,20-21H2,1-3H3. The molecule has 0 saturated heterocycles. The van der Waals surface area contributed by atoms with E-state index in [2.05, 4.69) is 11.2 Å². The number of benzene rings is 2. The second kappa shape index (κ2) is 15.1. The Morgan fingerprint density at radius 1 is 1.04 bits per heavy atom. The van der Waals surface area contributed by atoms with Crippen LogP contribution in [0.15, 0.2) is 65.6 Å². The number of aromatic nitrogens is 4. The lowest BCUT2D eigenvalue weighted by atomic mass is 9.79. The first-order valence-corrected chi connectivity index (χ1v) is 16.3. The molecule has 1 saturated carbocycles. The number of nitriles is 1. The Balaban J connectivity index is 1.39. The van der Waals surface area contributed by atoms with Crippen LogP contribution in [0.4, 0.5) is 13.2 Å². The molecule has 0 unspecified atom stereocenters. The van der Waals surface area contributed by atoms with Crippen molar-refractivity contribution in [1.82, 2.24) is 24.0 Å². The number of Topliss-reactive ketones (excluding diaryl/α,β-unsaturated/α-hetero) is 1. The van der Waals surface area contributed by atoms with Crippen molar-refractivity contribution >= 4 is 11.8 Å². The number of nitrogens with zero attached hydrogens (tertiary/aromatic N) is 6. The minimum absolute atomic E-state index is 0.0379. The molecule has 13 heteroatoms. The summed E-state index contributed by atoms with van der Waals surface area (Å²) in [5, 5.41) is 13.6. The minimum Gasteiger partial charge on any atom is -0.464 e. The Labute approximate surface area is 282 Å². The maximum atomic E-state index is 14.0. The summed E-state index contributed by atoms with van der Waals surface area (Å²) in [5.41, 5.74) is -0.242. The van der Waals surface area contributed by atoms with Crippen LogP contribution in [0.5, 0.6) is 0 Å². The maximum absolute atomic E-state index is 14.0. The summed E-state index contributed by atoms with van der Waals surface area (Å²) in [6.45, 7) is 1.03. The zero-order chi connectivity index (χ0) is 35.3. The van der Waals surface area contributed by atoms with E-state index in [1.807, 2.05) is 19.0 Å². The third-order valence-electron chi connectivity index (χ3n) is 9.07. The number of halogens is 3. The van der Waals surface area contributed by atoms with Crippen molar-refractivity contribution in [2.45, 2.75) is 51.1 Å². The van der Waals surface area contributed by atoms with Crippen LogP contribution in [0.2, 0.25) is 0 Å². The number of carbonyl (C=O) groups excluding carboxylic acids is 2. The van der Waals surface area contributed by atoms with Crippen LogP contribution in [-0.4, -0.2) is 63.0 Å². The predicted octanol–water partition coefficient (Wildman–Crippen LogP) is 6.18. The maximum Gasteiger partial charge on any atom is 0.416 e. The first-order valence-electron chi connectivity index (χ1n) is 16.3. The van der Waals surface area contributed by atoms with Crippen molar-refractivity contribution in [3.63, 3.8) is 0 Å². The number of ketones is 1. The van der Waals surface area contributed by atoms with Crippen LogP contribution < -0.4 is 5.56 Å². The Hall–Kier alpha value is -4.96. The zero-order valence-corrected chi connectivity index (χ0v) is 27.7. The van der Waals surface area contributed by atoms with Crippen molar-refractivity contribution in [3.05, 3.63) is 87.8 Å². The van der Waals surface area contributed by atoms with Gasteiger partial charge in [-0.15, -0.1) is 0 Å². The lowest BCUT2D eigenvalue weighted by Crippen LogP contribution is -2.27. The molecule has 4 aromatic rings. The summed E-state index contributed by atoms with van der Waals surface area (Å²) in [6, 6.07) is 14.7. The molecular formula is C36H39F3N6O4. The van der Waals surface area contributed by atoms with Crippen molar-refractivity contribution in [3.8, 4) is 28.8 Å². The summed E-state index contributed by atoms with van der Waals surface area (Å²) in [6.07, 6.45) is 1.30. The first-order chi connectivity index (χ1) is 23.4. The molecule has 0 aliphatic heterocycles. The molecule has 2 heterocycles. The van der Waals surface area contributed by atoms with E-state index in [-0.39, 0.29) is 35.3 Å². The van der Waals surface area contributed by atoms with E-state index in [1.54, 1.807) is 30.3 Å². The molecule has 258 valence electrons. The fourth-order valence-corrected chi connectivity index (χ4v) is 6.43. The van der Waals surface area contributed by atoms with Gasteiger partial charge in [-0.05, 0) is 101 Å². The van der Waals surface area contributed by atoms with Gasteiger partial charge in [0.2, 0.25) is 0 Å². The summed E-state index contributed by atoms with van der Waals surface area (Å²) < 4.78 is 50.3. The normalized spacial score (nSPS) is 16.4. The van der Waals surface area contributed by atoms with E-state index in [9.17, 15) is 32.8 Å². The Morgan fingerprint density at radius 2 is 1.76 bits per heavy atom. The largest absolute Gasteiger partial charge is 0.464 e. The van der Waals surface area contributed by atoms with Gasteiger partial charge in [-0.1, -0.05) is 12.5 Å². The molecule has 0 amide bonds. The molecule has 1 fully saturated rings. The molecule has 10 nitrogen and oxygen atoms in total. The molecule has 0 bridgehead atoms. The number of rotatable bonds is 12. The van der Waals surface area contributed by atoms with Crippen LogP contribution in [0.1, 0.15) is 66.4 Å². The molecule has 1 aliphatic carbocycles. The predicted molar refractivity (Wildman–Crippen MR) is 176 cm³/mol. The number of esters is 1. The van der Waals surface area contributed by atoms with E-state index in [1.165, 1.54) is 34.7 Å². The van der Waals surface area contributed by atoms with Gasteiger partial charge >= 0.3 is 12.1 Å². The van der Waals surface area contributed by atoms with E-state index in [0.29, 0.717) is 42.4 Å². The van der Waals surface area contributed by atoms with E-state index in [4.69, 9.17) is 4.74 Å². The molecule has 0 atom stereocenters. The van der Waals surface area contributed by atoms with Crippen molar-refractivity contribution in [2.24, 2.45) is 18.9 Å². The molecule has 5 rings (SSSR count). The number of hydrogen-bond donors (Lipinski definition) is 0. The van der Waals surface area contributed by atoms with Crippen LogP contribution >= 0.6 is 0 Å². The summed E-state index contributed by atoms with van der Waals surface area (Å²) in [5.74, 6) is -0.382. The highest BCUT2D eigenvalue weighted by Gasteiger charge is 2.33. The summed E-state index contributed by atoms with van der Waals surface area (Å²) in [4.78, 5) is 42.4. The van der Waals surface area contributed by atoms with Gasteiger partial charge in [0.15, 0.2) is 5.78 Å². The summed E-state index contributed by atoms with van der Waals surface area (Å²) in [7, 11) is 5.36. The van der Waals surface area contributed by atoms with Gasteiger partial charge < -0.3 is 9.64 Å². The van der Waals surface area contributed by atoms with Crippen LogP contribution in [0.3, 0.4) is 0 Å². The molecule has 0 radical (unpaired) electrons. The highest BCUT2D eigenvalue weighted by atomic mass is 19.4. The van der Waals surface area contributed by atoms with Crippen LogP contribution in [0, 0.1) is 23.2 Å². The van der Waals surface area contributed by atoms with E-state index >= 15 is 0 Å². The van der Waals surface area contributed by atoms with Crippen LogP contribution in [0.25, 0.3) is 22.8 Å². The Morgan fingerprint density at radius 3 is 2.41 bits per heavy atom. The highest BCUT2D eigenvalue weighted by Crippen LogP contribution is 2.34. The van der Waals surface area contributed by atoms with Gasteiger partial charge in [-0.2, -0.15) is 23.5 Å². The van der Waals surface area contributed by atoms with Crippen molar-refractivity contribution in [1.29, 1.82) is 5.26 Å². The van der Waals surface area contributed by atoms with Crippen LogP contribution in [-0.2, 0) is 22.8 Å². The lowest BCUT2D eigenvalue weighted by molar-refractivity contribution is -0.150. The number of alkyl halides is 3. The fourth-order valence-electron chi connectivity index (χ4n) is 6.43. The average Bonchev–Trinajstić information content (AvgIpc) is 3.66. The SMILES string of the molecule is CN(C)CCOC(=O)C1CCC(CCCC(=O)c2c(-c3ccnn3-c3ccc(C#N)cc3)n(C)n(-c3cccc(C(F)(F)F)c3)c2=O)CC1. The van der Waals surface area contributed by atoms with E-state index in [0.717, 1.165) is 48.9 Å². The molecule has 49 heavy (non-hydrogen) atoms. The van der Waals surface area contributed by atoms with Gasteiger partial charge in [0.05, 0.1) is 52.1 Å². The lowest BCUT2D eigenvalue weighted by Gasteiger charge is -2.27. The zero-order valence-electron chi connectivity index (χ0n) is 27.7. The topological polar surface area (TPSA) is 115 Å². The molecular weight excluding hydrogens is 637 g/mol. The van der Waals surface area contributed by atoms with Crippen molar-refractivity contribution in [2.75, 3.05) is 27.2 Å². The first kappa shape index (κ1) is 35.3. The molecule has 0 N–H and O–H groups in total. The quantitative estimate of drug-likeness (QED) is 0.130. The number of likely N-dealkylation sites (N-methyl/N-ethyl adjacent to an activating group) is 1. The van der Waals surface area contributed by atoms with Gasteiger partial charge in [-0.3, -0.25) is 19.1 Å². The van der Waals surface area contributed by atoms with Gasteiger partial charge in [0.1, 0.15) is 12.2 Å². The second-order valence-corrected chi connectivity index (χ2v) is 12.7. The number of hydrogen-bond acceptors (Lipinski definition) is 7. The minimum atomic E-state index is -4.63. The molecule has 0 spiro atoms. The monoisotopic (exact) mass is 676 g/mol. The summed E-state index contributed by atoms with van der Waals surface area (Å²) >= 11 is 0. The van der Waals surface area contributed by atoms with Gasteiger partial charge in [-0.25, -0.2) is 9.36 Å². The second-order valence-electron chi connectivity index (χ2n) is 12.7. The average molecular weight is 677 g/mol. The number of carbonyl (C=O) groups is 2. The van der Waals surface area contributed by atoms with Crippen molar-refractivity contribution < 1.29 is 27.5 Å². The molecule has 2 aromatic heterocycles. The fraction of sp³-hybridized carbons (Fsp3) is 0.417. The molecule has 1 aliphatic rings. The third kappa shape index (κ3) is 8.03.